The first kappa shape index (κ1) is 15.8. The molecule has 3 atom stereocenters. The highest BCUT2D eigenvalue weighted by Crippen LogP contribution is 2.29. The first-order valence-corrected chi connectivity index (χ1v) is 8.33. The number of hydrogen-bond acceptors (Lipinski definition) is 3. The van der Waals surface area contributed by atoms with Crippen LogP contribution in [0.25, 0.3) is 0 Å². The summed E-state index contributed by atoms with van der Waals surface area (Å²) in [5.41, 5.74) is 5.96. The third kappa shape index (κ3) is 3.73. The van der Waals surface area contributed by atoms with Crippen LogP contribution in [-0.4, -0.2) is 54.5 Å². The molecule has 1 aliphatic carbocycles. The van der Waals surface area contributed by atoms with Gasteiger partial charge in [0.1, 0.15) is 0 Å². The van der Waals surface area contributed by atoms with Gasteiger partial charge in [-0.25, -0.2) is 0 Å². The normalized spacial score (nSPS) is 28.9. The average molecular weight is 281 g/mol. The van der Waals surface area contributed by atoms with E-state index in [0.29, 0.717) is 24.9 Å². The fourth-order valence-electron chi connectivity index (χ4n) is 3.86. The predicted molar refractivity (Wildman–Crippen MR) is 82.5 cm³/mol. The lowest BCUT2D eigenvalue weighted by molar-refractivity contribution is -0.131. The number of likely N-dealkylation sites (tertiary alicyclic amines) is 1. The maximum atomic E-state index is 12.3. The zero-order valence-electron chi connectivity index (χ0n) is 13.2. The van der Waals surface area contributed by atoms with Crippen LogP contribution in [0, 0.1) is 5.92 Å². The summed E-state index contributed by atoms with van der Waals surface area (Å²) in [6.45, 7) is 4.81. The minimum absolute atomic E-state index is 0.202. The van der Waals surface area contributed by atoms with Crippen molar-refractivity contribution in [2.24, 2.45) is 11.7 Å². The lowest BCUT2D eigenvalue weighted by Gasteiger charge is -2.40. The number of nitrogens with two attached hydrogens (primary N) is 1. The van der Waals surface area contributed by atoms with Gasteiger partial charge in [-0.05, 0) is 38.6 Å². The van der Waals surface area contributed by atoms with Gasteiger partial charge in [0.2, 0.25) is 5.91 Å². The molecular formula is C16H31N3O. The SMILES string of the molecule is CC1CCCCC1N(C)C(CN)CC(=O)N1CCCC1. The topological polar surface area (TPSA) is 49.6 Å². The monoisotopic (exact) mass is 281 g/mol. The van der Waals surface area contributed by atoms with E-state index in [0.717, 1.165) is 31.8 Å². The Morgan fingerprint density at radius 2 is 1.90 bits per heavy atom. The Balaban J connectivity index is 1.90. The number of amides is 1. The molecule has 1 saturated heterocycles. The van der Waals surface area contributed by atoms with E-state index in [1.165, 1.54) is 25.7 Å². The minimum Gasteiger partial charge on any atom is -0.343 e. The van der Waals surface area contributed by atoms with Crippen molar-refractivity contribution in [1.82, 2.24) is 9.80 Å². The molecule has 1 amide bonds. The van der Waals surface area contributed by atoms with Crippen LogP contribution in [0.3, 0.4) is 0 Å². The molecule has 1 heterocycles. The Hall–Kier alpha value is -0.610. The fourth-order valence-corrected chi connectivity index (χ4v) is 3.86. The first-order chi connectivity index (χ1) is 9.63. The quantitative estimate of drug-likeness (QED) is 0.836. The van der Waals surface area contributed by atoms with Crippen LogP contribution in [0.1, 0.15) is 51.9 Å². The van der Waals surface area contributed by atoms with Gasteiger partial charge in [-0.1, -0.05) is 19.8 Å². The molecule has 0 spiro atoms. The van der Waals surface area contributed by atoms with Gasteiger partial charge >= 0.3 is 0 Å². The zero-order valence-corrected chi connectivity index (χ0v) is 13.2. The summed E-state index contributed by atoms with van der Waals surface area (Å²) in [5, 5.41) is 0. The standard InChI is InChI=1S/C16H31N3O/c1-13-7-3-4-8-15(13)18(2)14(12-17)11-16(20)19-9-5-6-10-19/h13-15H,3-12,17H2,1-2H3. The third-order valence-corrected chi connectivity index (χ3v) is 5.31. The van der Waals surface area contributed by atoms with Crippen LogP contribution in [0.15, 0.2) is 0 Å². The summed E-state index contributed by atoms with van der Waals surface area (Å²) in [5.74, 6) is 1.03. The molecule has 0 aromatic carbocycles. The van der Waals surface area contributed by atoms with Gasteiger partial charge in [0, 0.05) is 38.1 Å². The van der Waals surface area contributed by atoms with Crippen molar-refractivity contribution in [3.05, 3.63) is 0 Å². The first-order valence-electron chi connectivity index (χ1n) is 8.33. The van der Waals surface area contributed by atoms with Gasteiger partial charge in [-0.2, -0.15) is 0 Å². The van der Waals surface area contributed by atoms with Crippen LogP contribution in [-0.2, 0) is 4.79 Å². The van der Waals surface area contributed by atoms with E-state index in [1.807, 2.05) is 4.90 Å². The van der Waals surface area contributed by atoms with E-state index in [-0.39, 0.29) is 6.04 Å². The highest BCUT2D eigenvalue weighted by Gasteiger charge is 2.31. The second-order valence-corrected chi connectivity index (χ2v) is 6.68. The average Bonchev–Trinajstić information content (AvgIpc) is 2.98. The molecule has 3 unspecified atom stereocenters. The van der Waals surface area contributed by atoms with E-state index < -0.39 is 0 Å². The number of rotatable bonds is 5. The zero-order chi connectivity index (χ0) is 14.5. The summed E-state index contributed by atoms with van der Waals surface area (Å²) in [7, 11) is 2.17. The van der Waals surface area contributed by atoms with Crippen molar-refractivity contribution in [3.63, 3.8) is 0 Å². The van der Waals surface area contributed by atoms with Crippen LogP contribution in [0.4, 0.5) is 0 Å². The fraction of sp³-hybridized carbons (Fsp3) is 0.938. The van der Waals surface area contributed by atoms with Gasteiger partial charge < -0.3 is 10.6 Å². The predicted octanol–water partition coefficient (Wildman–Crippen LogP) is 1.84. The van der Waals surface area contributed by atoms with Crippen molar-refractivity contribution in [2.45, 2.75) is 64.0 Å². The van der Waals surface area contributed by atoms with E-state index in [1.54, 1.807) is 0 Å². The van der Waals surface area contributed by atoms with Crippen LogP contribution >= 0.6 is 0 Å². The lowest BCUT2D eigenvalue weighted by Crippen LogP contribution is -2.50. The summed E-state index contributed by atoms with van der Waals surface area (Å²) in [4.78, 5) is 16.7. The van der Waals surface area contributed by atoms with Crippen molar-refractivity contribution in [2.75, 3.05) is 26.7 Å². The van der Waals surface area contributed by atoms with Crippen molar-refractivity contribution >= 4 is 5.91 Å². The molecule has 2 aliphatic rings. The molecular weight excluding hydrogens is 250 g/mol. The molecule has 0 radical (unpaired) electrons. The maximum absolute atomic E-state index is 12.3. The second kappa shape index (κ2) is 7.41. The Bertz CT molecular complexity index is 315. The molecule has 2 N–H and O–H groups in total. The Morgan fingerprint density at radius 3 is 2.50 bits per heavy atom. The third-order valence-electron chi connectivity index (χ3n) is 5.31. The molecule has 116 valence electrons. The van der Waals surface area contributed by atoms with E-state index in [9.17, 15) is 4.79 Å². The number of nitrogens with zero attached hydrogens (tertiary/aromatic N) is 2. The summed E-state index contributed by atoms with van der Waals surface area (Å²) < 4.78 is 0. The molecule has 4 heteroatoms. The maximum Gasteiger partial charge on any atom is 0.224 e. The van der Waals surface area contributed by atoms with E-state index >= 15 is 0 Å². The summed E-state index contributed by atoms with van der Waals surface area (Å²) in [6, 6.07) is 0.803. The van der Waals surface area contributed by atoms with E-state index in [2.05, 4.69) is 18.9 Å². The highest BCUT2D eigenvalue weighted by molar-refractivity contribution is 5.77. The smallest absolute Gasteiger partial charge is 0.224 e. The number of carbonyl (C=O) groups excluding carboxylic acids is 1. The Labute approximate surface area is 123 Å². The molecule has 2 fully saturated rings. The highest BCUT2D eigenvalue weighted by atomic mass is 16.2. The van der Waals surface area contributed by atoms with Crippen LogP contribution in [0.2, 0.25) is 0 Å². The Kier molecular flexibility index (Phi) is 5.85. The molecule has 0 aromatic heterocycles. The van der Waals surface area contributed by atoms with Crippen LogP contribution in [0.5, 0.6) is 0 Å². The molecule has 4 nitrogen and oxygen atoms in total. The molecule has 0 aromatic rings. The Morgan fingerprint density at radius 1 is 1.25 bits per heavy atom. The van der Waals surface area contributed by atoms with Gasteiger partial charge in [0.15, 0.2) is 0 Å². The number of carbonyl (C=O) groups is 1. The molecule has 20 heavy (non-hydrogen) atoms. The van der Waals surface area contributed by atoms with Crippen molar-refractivity contribution in [1.29, 1.82) is 0 Å². The van der Waals surface area contributed by atoms with Crippen molar-refractivity contribution < 1.29 is 4.79 Å². The molecule has 1 saturated carbocycles. The number of hydrogen-bond donors (Lipinski definition) is 1. The molecule has 2 rings (SSSR count). The van der Waals surface area contributed by atoms with E-state index in [4.69, 9.17) is 5.73 Å². The molecule has 0 bridgehead atoms. The van der Waals surface area contributed by atoms with Gasteiger partial charge in [-0.3, -0.25) is 9.69 Å². The number of likely N-dealkylation sites (N-methyl/N-ethyl adjacent to an activating group) is 1. The van der Waals surface area contributed by atoms with Gasteiger partial charge in [-0.15, -0.1) is 0 Å². The molecule has 1 aliphatic heterocycles. The largest absolute Gasteiger partial charge is 0.343 e. The minimum atomic E-state index is 0.202. The lowest BCUT2D eigenvalue weighted by atomic mass is 9.84. The summed E-state index contributed by atoms with van der Waals surface area (Å²) >= 11 is 0. The van der Waals surface area contributed by atoms with Crippen LogP contribution < -0.4 is 5.73 Å². The van der Waals surface area contributed by atoms with Gasteiger partial charge in [0.25, 0.3) is 0 Å². The van der Waals surface area contributed by atoms with Crippen molar-refractivity contribution in [3.8, 4) is 0 Å². The summed E-state index contributed by atoms with van der Waals surface area (Å²) in [6.07, 6.45) is 8.15. The van der Waals surface area contributed by atoms with Gasteiger partial charge in [0.05, 0.1) is 0 Å². The second-order valence-electron chi connectivity index (χ2n) is 6.68.